The van der Waals surface area contributed by atoms with E-state index in [2.05, 4.69) is 148 Å². The molecule has 0 heterocycles. The molecule has 468 valence electrons. The zero-order chi connectivity index (χ0) is 59.8. The lowest BCUT2D eigenvalue weighted by atomic mass is 10.0. The normalized spacial score (nSPS) is 14.1. The number of quaternary nitrogens is 1. The number of allylic oxidation sites excluding steroid dienone is 22. The summed E-state index contributed by atoms with van der Waals surface area (Å²) in [5.74, 6) is -0.842. The predicted molar refractivity (Wildman–Crippen MR) is 351 cm³/mol. The van der Waals surface area contributed by atoms with Gasteiger partial charge in [0.25, 0.3) is 7.82 Å². The van der Waals surface area contributed by atoms with Gasteiger partial charge in [-0.3, -0.25) is 14.2 Å². The third-order valence-corrected chi connectivity index (χ3v) is 14.6. The second-order valence-corrected chi connectivity index (χ2v) is 24.1. The molecule has 0 saturated heterocycles. The van der Waals surface area contributed by atoms with Crippen LogP contribution in [0.3, 0.4) is 0 Å². The number of phosphoric ester groups is 1. The minimum Gasteiger partial charge on any atom is -0.756 e. The molecule has 0 aromatic rings. The van der Waals surface area contributed by atoms with Gasteiger partial charge in [-0.05, 0) is 109 Å². The Labute approximate surface area is 504 Å². The lowest BCUT2D eigenvalue weighted by Crippen LogP contribution is -2.37. The number of likely N-dealkylation sites (N-methyl/N-ethyl adjacent to an activating group) is 1. The van der Waals surface area contributed by atoms with Crippen molar-refractivity contribution >= 4 is 19.8 Å². The lowest BCUT2D eigenvalue weighted by Gasteiger charge is -2.28. The Bertz CT molecular complexity index is 1850. The van der Waals surface area contributed by atoms with Gasteiger partial charge in [-0.2, -0.15) is 0 Å². The average Bonchev–Trinajstić information content (AvgIpc) is 3.45. The van der Waals surface area contributed by atoms with Gasteiger partial charge >= 0.3 is 11.9 Å². The SMILES string of the molecule is CC/C=C\C/C=C\C/C=C\C/C=C\C/C=C\C/C=C\C/C=C\CCCCCCCCCCCCCCCC(=O)OC(COC(=O)CCCCCCCCCCCC/C=C\C/C=C\C/C=C\C/C=C\CC)COP(=O)([O-])OCC[N+](C)(C)C. The molecular weight excluding hydrogens is 1040 g/mol. The third kappa shape index (κ3) is 65.3. The van der Waals surface area contributed by atoms with Crippen LogP contribution < -0.4 is 4.89 Å². The fourth-order valence-corrected chi connectivity index (χ4v) is 9.42. The van der Waals surface area contributed by atoms with Crippen molar-refractivity contribution in [2.75, 3.05) is 47.5 Å². The number of carbonyl (C=O) groups excluding carboxylic acids is 2. The molecule has 9 nitrogen and oxygen atoms in total. The van der Waals surface area contributed by atoms with Crippen molar-refractivity contribution in [1.82, 2.24) is 0 Å². The largest absolute Gasteiger partial charge is 0.756 e. The van der Waals surface area contributed by atoms with E-state index >= 15 is 0 Å². The molecule has 0 saturated carbocycles. The van der Waals surface area contributed by atoms with Gasteiger partial charge in [-0.1, -0.05) is 270 Å². The quantitative estimate of drug-likeness (QED) is 0.0195. The molecule has 0 spiro atoms. The van der Waals surface area contributed by atoms with E-state index in [0.717, 1.165) is 122 Å². The second kappa shape index (κ2) is 61.7. The Kier molecular flexibility index (Phi) is 58.8. The van der Waals surface area contributed by atoms with Crippen LogP contribution in [0.25, 0.3) is 0 Å². The van der Waals surface area contributed by atoms with Crippen LogP contribution in [0.2, 0.25) is 0 Å². The summed E-state index contributed by atoms with van der Waals surface area (Å²) in [6, 6.07) is 0. The molecule has 0 aromatic heterocycles. The Hall–Kier alpha value is -3.85. The number of nitrogens with zero attached hydrogens (tertiary/aromatic N) is 1. The minimum atomic E-state index is -4.65. The maximum Gasteiger partial charge on any atom is 0.306 e. The van der Waals surface area contributed by atoms with E-state index in [1.165, 1.54) is 103 Å². The molecule has 0 rings (SSSR count). The van der Waals surface area contributed by atoms with Crippen molar-refractivity contribution in [3.8, 4) is 0 Å². The molecule has 2 atom stereocenters. The number of esters is 2. The number of rotatable bonds is 59. The predicted octanol–water partition coefficient (Wildman–Crippen LogP) is 20.6. The molecule has 0 amide bonds. The van der Waals surface area contributed by atoms with Crippen LogP contribution in [-0.4, -0.2) is 70.0 Å². The molecule has 0 radical (unpaired) electrons. The summed E-state index contributed by atoms with van der Waals surface area (Å²) in [4.78, 5) is 38.0. The molecule has 82 heavy (non-hydrogen) atoms. The highest BCUT2D eigenvalue weighted by atomic mass is 31.2. The number of ether oxygens (including phenoxy) is 2. The monoisotopic (exact) mass is 1160 g/mol. The number of unbranched alkanes of at least 4 members (excludes halogenated alkanes) is 23. The van der Waals surface area contributed by atoms with Gasteiger partial charge < -0.3 is 27.9 Å². The van der Waals surface area contributed by atoms with Crippen molar-refractivity contribution in [3.63, 3.8) is 0 Å². The zero-order valence-corrected chi connectivity index (χ0v) is 54.0. The number of hydrogen-bond donors (Lipinski definition) is 0. The Morgan fingerprint density at radius 2 is 0.659 bits per heavy atom. The number of carbonyl (C=O) groups is 2. The smallest absolute Gasteiger partial charge is 0.306 e. The summed E-state index contributed by atoms with van der Waals surface area (Å²) in [7, 11) is 1.15. The van der Waals surface area contributed by atoms with Crippen molar-refractivity contribution < 1.29 is 42.1 Å². The zero-order valence-electron chi connectivity index (χ0n) is 53.1. The van der Waals surface area contributed by atoms with Crippen LogP contribution >= 0.6 is 7.82 Å². The van der Waals surface area contributed by atoms with Crippen LogP contribution in [0.1, 0.15) is 258 Å². The standard InChI is InChI=1S/C72H122NO8P/c1-6-8-10-12-14-16-18-20-22-24-26-28-30-31-32-33-34-35-36-37-38-39-40-41-43-45-47-49-51-53-55-57-59-61-63-65-72(75)81-70(69-80-82(76,77)79-67-66-73(3,4)5)68-78-71(74)64-62-60-58-56-54-52-50-48-46-44-42-29-27-25-23-21-19-17-15-13-11-9-7-2/h8-11,14-17,20-23,26-29,31-32,34-35,37-38,70H,6-7,12-13,18-19,24-25,30,33,36,39-69H2,1-5H3/b10-8-,11-9-,16-14-,17-15-,22-20-,23-21-,28-26-,29-27-,32-31-,35-34-,38-37-. The summed E-state index contributed by atoms with van der Waals surface area (Å²) in [6.07, 6.45) is 89.4. The summed E-state index contributed by atoms with van der Waals surface area (Å²) < 4.78 is 34.3. The fraction of sp³-hybridized carbons (Fsp3) is 0.667. The first kappa shape index (κ1) is 78.1. The highest BCUT2D eigenvalue weighted by molar-refractivity contribution is 7.45. The molecule has 0 fully saturated rings. The first-order valence-electron chi connectivity index (χ1n) is 32.9. The maximum absolute atomic E-state index is 12.9. The molecular formula is C72H122NO8P. The molecule has 0 aromatic carbocycles. The highest BCUT2D eigenvalue weighted by Crippen LogP contribution is 2.38. The Morgan fingerprint density at radius 3 is 0.976 bits per heavy atom. The van der Waals surface area contributed by atoms with Gasteiger partial charge in [0.1, 0.15) is 19.8 Å². The molecule has 0 aliphatic heterocycles. The fourth-order valence-electron chi connectivity index (χ4n) is 8.69. The van der Waals surface area contributed by atoms with Crippen LogP contribution in [-0.2, 0) is 32.7 Å². The van der Waals surface area contributed by atoms with E-state index < -0.39 is 26.5 Å². The van der Waals surface area contributed by atoms with Gasteiger partial charge in [-0.15, -0.1) is 0 Å². The van der Waals surface area contributed by atoms with Crippen molar-refractivity contribution in [3.05, 3.63) is 134 Å². The highest BCUT2D eigenvalue weighted by Gasteiger charge is 2.22. The number of hydrogen-bond acceptors (Lipinski definition) is 8. The number of phosphoric acid groups is 1. The summed E-state index contributed by atoms with van der Waals surface area (Å²) in [6.45, 7) is 4.01. The molecule has 2 unspecified atom stereocenters. The minimum absolute atomic E-state index is 0.0374. The first-order valence-corrected chi connectivity index (χ1v) is 34.4. The maximum atomic E-state index is 12.9. The van der Waals surface area contributed by atoms with Gasteiger partial charge in [0, 0.05) is 12.8 Å². The summed E-state index contributed by atoms with van der Waals surface area (Å²) in [5.41, 5.74) is 0. The van der Waals surface area contributed by atoms with Gasteiger partial charge in [-0.25, -0.2) is 0 Å². The first-order chi connectivity index (χ1) is 40.0. The van der Waals surface area contributed by atoms with E-state index in [1.54, 1.807) is 0 Å². The van der Waals surface area contributed by atoms with E-state index in [0.29, 0.717) is 17.4 Å². The topological polar surface area (TPSA) is 111 Å². The Balaban J connectivity index is 4.10. The summed E-state index contributed by atoms with van der Waals surface area (Å²) in [5, 5.41) is 0. The molecule has 0 aliphatic carbocycles. The molecule has 0 N–H and O–H groups in total. The van der Waals surface area contributed by atoms with Gasteiger partial charge in [0.2, 0.25) is 0 Å². The Morgan fingerprint density at radius 1 is 0.378 bits per heavy atom. The van der Waals surface area contributed by atoms with Crippen LogP contribution in [0.15, 0.2) is 134 Å². The van der Waals surface area contributed by atoms with Gasteiger partial charge in [0.05, 0.1) is 27.7 Å². The third-order valence-electron chi connectivity index (χ3n) is 13.7. The van der Waals surface area contributed by atoms with Gasteiger partial charge in [0.15, 0.2) is 6.10 Å². The second-order valence-electron chi connectivity index (χ2n) is 22.7. The van der Waals surface area contributed by atoms with E-state index in [-0.39, 0.29) is 32.0 Å². The molecule has 0 bridgehead atoms. The molecule has 10 heteroatoms. The average molecular weight is 1160 g/mol. The lowest BCUT2D eigenvalue weighted by molar-refractivity contribution is -0.870. The van der Waals surface area contributed by atoms with Crippen molar-refractivity contribution in [2.24, 2.45) is 0 Å². The van der Waals surface area contributed by atoms with Crippen LogP contribution in [0.5, 0.6) is 0 Å². The molecule has 0 aliphatic rings. The van der Waals surface area contributed by atoms with Crippen LogP contribution in [0.4, 0.5) is 0 Å². The van der Waals surface area contributed by atoms with E-state index in [4.69, 9.17) is 18.5 Å². The van der Waals surface area contributed by atoms with E-state index in [1.807, 2.05) is 21.1 Å². The van der Waals surface area contributed by atoms with Crippen molar-refractivity contribution in [1.29, 1.82) is 0 Å². The van der Waals surface area contributed by atoms with Crippen LogP contribution in [0, 0.1) is 0 Å². The summed E-state index contributed by atoms with van der Waals surface area (Å²) >= 11 is 0. The van der Waals surface area contributed by atoms with Crippen molar-refractivity contribution in [2.45, 2.75) is 264 Å². The van der Waals surface area contributed by atoms with E-state index in [9.17, 15) is 19.0 Å².